The molecule has 6 heteroatoms. The zero-order chi connectivity index (χ0) is 18.4. The maximum atomic E-state index is 12.6. The molecule has 0 radical (unpaired) electrons. The molecule has 0 aromatic heterocycles. The molecular weight excluding hydrogens is 329 g/mol. The van der Waals surface area contributed by atoms with Crippen LogP contribution in [0.4, 0.5) is 13.2 Å². The van der Waals surface area contributed by atoms with E-state index < -0.39 is 17.8 Å². The van der Waals surface area contributed by atoms with E-state index in [1.807, 2.05) is 19.2 Å². The fourth-order valence-corrected chi connectivity index (χ4v) is 2.54. The predicted octanol–water partition coefficient (Wildman–Crippen LogP) is 3.96. The third kappa shape index (κ3) is 5.06. The Morgan fingerprint density at radius 3 is 2.32 bits per heavy atom. The lowest BCUT2D eigenvalue weighted by molar-refractivity contribution is -0.137. The average molecular weight is 350 g/mol. The number of rotatable bonds is 6. The highest BCUT2D eigenvalue weighted by Gasteiger charge is 2.30. The van der Waals surface area contributed by atoms with Crippen LogP contribution in [0.15, 0.2) is 48.5 Å². The minimum Gasteiger partial charge on any atom is -0.346 e. The standard InChI is InChI=1S/C19H21F3N2O/c1-13(14-7-9-16(10-8-14)19(20,21)22)24-18(25)17-6-4-3-5-15(17)11-12-23-2/h3-10,13,23H,11-12H2,1-2H3,(H,24,25). The van der Waals surface area contributed by atoms with Crippen LogP contribution in [0.1, 0.15) is 40.0 Å². The molecule has 0 aliphatic carbocycles. The second-order valence-corrected chi connectivity index (χ2v) is 5.83. The molecule has 0 saturated carbocycles. The summed E-state index contributed by atoms with van der Waals surface area (Å²) in [5, 5.41) is 5.89. The van der Waals surface area contributed by atoms with Crippen LogP contribution in [0.5, 0.6) is 0 Å². The van der Waals surface area contributed by atoms with Crippen LogP contribution >= 0.6 is 0 Å². The minimum atomic E-state index is -4.36. The number of hydrogen-bond acceptors (Lipinski definition) is 2. The monoisotopic (exact) mass is 350 g/mol. The lowest BCUT2D eigenvalue weighted by Gasteiger charge is -2.17. The van der Waals surface area contributed by atoms with Gasteiger partial charge in [-0.25, -0.2) is 0 Å². The molecule has 0 fully saturated rings. The molecule has 0 saturated heterocycles. The van der Waals surface area contributed by atoms with Gasteiger partial charge in [-0.15, -0.1) is 0 Å². The number of amides is 1. The summed E-state index contributed by atoms with van der Waals surface area (Å²) >= 11 is 0. The molecule has 0 bridgehead atoms. The maximum absolute atomic E-state index is 12.6. The summed E-state index contributed by atoms with van der Waals surface area (Å²) in [5.74, 6) is -0.237. The van der Waals surface area contributed by atoms with Crippen molar-refractivity contribution in [2.24, 2.45) is 0 Å². The van der Waals surface area contributed by atoms with Crippen LogP contribution in [-0.2, 0) is 12.6 Å². The Kier molecular flexibility index (Phi) is 6.20. The largest absolute Gasteiger partial charge is 0.416 e. The quantitative estimate of drug-likeness (QED) is 0.828. The molecule has 1 unspecified atom stereocenters. The first-order valence-corrected chi connectivity index (χ1v) is 8.03. The van der Waals surface area contributed by atoms with Gasteiger partial charge in [0.1, 0.15) is 0 Å². The van der Waals surface area contributed by atoms with Gasteiger partial charge in [0.05, 0.1) is 11.6 Å². The van der Waals surface area contributed by atoms with Gasteiger partial charge in [0.2, 0.25) is 0 Å². The lowest BCUT2D eigenvalue weighted by Crippen LogP contribution is -2.28. The Hall–Kier alpha value is -2.34. The lowest BCUT2D eigenvalue weighted by atomic mass is 10.0. The summed E-state index contributed by atoms with van der Waals surface area (Å²) < 4.78 is 37.9. The van der Waals surface area contributed by atoms with Gasteiger partial charge in [-0.2, -0.15) is 13.2 Å². The van der Waals surface area contributed by atoms with E-state index in [0.29, 0.717) is 11.1 Å². The smallest absolute Gasteiger partial charge is 0.346 e. The van der Waals surface area contributed by atoms with Crippen molar-refractivity contribution in [3.05, 3.63) is 70.8 Å². The van der Waals surface area contributed by atoms with Crippen molar-refractivity contribution < 1.29 is 18.0 Å². The van der Waals surface area contributed by atoms with Gasteiger partial charge < -0.3 is 10.6 Å². The number of carbonyl (C=O) groups is 1. The van der Waals surface area contributed by atoms with Gasteiger partial charge >= 0.3 is 6.18 Å². The van der Waals surface area contributed by atoms with E-state index in [4.69, 9.17) is 0 Å². The Morgan fingerprint density at radius 2 is 1.72 bits per heavy atom. The van der Waals surface area contributed by atoms with Gasteiger partial charge in [-0.05, 0) is 56.3 Å². The Labute approximate surface area is 145 Å². The first-order valence-electron chi connectivity index (χ1n) is 8.03. The van der Waals surface area contributed by atoms with Crippen LogP contribution in [0.2, 0.25) is 0 Å². The molecule has 1 amide bonds. The fraction of sp³-hybridized carbons (Fsp3) is 0.316. The highest BCUT2D eigenvalue weighted by molar-refractivity contribution is 5.95. The number of halogens is 3. The molecule has 134 valence electrons. The van der Waals surface area contributed by atoms with E-state index in [0.717, 1.165) is 30.7 Å². The molecule has 3 nitrogen and oxygen atoms in total. The van der Waals surface area contributed by atoms with Crippen LogP contribution in [0, 0.1) is 0 Å². The highest BCUT2D eigenvalue weighted by Crippen LogP contribution is 2.29. The van der Waals surface area contributed by atoms with Gasteiger partial charge in [0.15, 0.2) is 0 Å². The van der Waals surface area contributed by atoms with Crippen LogP contribution in [-0.4, -0.2) is 19.5 Å². The Bertz CT molecular complexity index is 711. The normalized spacial score (nSPS) is 12.7. The summed E-state index contributed by atoms with van der Waals surface area (Å²) in [6.07, 6.45) is -3.65. The second kappa shape index (κ2) is 8.16. The van der Waals surface area contributed by atoms with E-state index >= 15 is 0 Å². The van der Waals surface area contributed by atoms with Crippen molar-refractivity contribution >= 4 is 5.91 Å². The van der Waals surface area contributed by atoms with E-state index in [2.05, 4.69) is 10.6 Å². The summed E-state index contributed by atoms with van der Waals surface area (Å²) in [4.78, 5) is 12.5. The third-order valence-corrected chi connectivity index (χ3v) is 3.99. The van der Waals surface area contributed by atoms with Crippen molar-refractivity contribution in [1.29, 1.82) is 0 Å². The molecule has 2 rings (SSSR count). The minimum absolute atomic E-state index is 0.237. The van der Waals surface area contributed by atoms with Crippen molar-refractivity contribution in [3.63, 3.8) is 0 Å². The van der Waals surface area contributed by atoms with Crippen LogP contribution < -0.4 is 10.6 Å². The summed E-state index contributed by atoms with van der Waals surface area (Å²) in [6.45, 7) is 2.50. The van der Waals surface area contributed by atoms with E-state index in [-0.39, 0.29) is 5.91 Å². The number of likely N-dealkylation sites (N-methyl/N-ethyl adjacent to an activating group) is 1. The number of carbonyl (C=O) groups excluding carboxylic acids is 1. The summed E-state index contributed by atoms with van der Waals surface area (Å²) in [6, 6.07) is 11.8. The van der Waals surface area contributed by atoms with Crippen molar-refractivity contribution in [3.8, 4) is 0 Å². The molecule has 2 aromatic carbocycles. The van der Waals surface area contributed by atoms with Gasteiger partial charge in [0.25, 0.3) is 5.91 Å². The molecule has 2 aromatic rings. The molecule has 0 aliphatic rings. The fourth-order valence-electron chi connectivity index (χ4n) is 2.54. The highest BCUT2D eigenvalue weighted by atomic mass is 19.4. The Balaban J connectivity index is 2.10. The second-order valence-electron chi connectivity index (χ2n) is 5.83. The first kappa shape index (κ1) is 19.0. The van der Waals surface area contributed by atoms with E-state index in [1.54, 1.807) is 19.1 Å². The zero-order valence-electron chi connectivity index (χ0n) is 14.2. The number of alkyl halides is 3. The summed E-state index contributed by atoms with van der Waals surface area (Å²) in [5.41, 5.74) is 1.42. The molecule has 0 spiro atoms. The van der Waals surface area contributed by atoms with Gasteiger partial charge in [-0.1, -0.05) is 30.3 Å². The summed E-state index contributed by atoms with van der Waals surface area (Å²) in [7, 11) is 1.84. The molecular formula is C19H21F3N2O. The molecule has 0 heterocycles. The van der Waals surface area contributed by atoms with Crippen molar-refractivity contribution in [2.75, 3.05) is 13.6 Å². The molecule has 0 aliphatic heterocycles. The van der Waals surface area contributed by atoms with Crippen molar-refractivity contribution in [2.45, 2.75) is 25.6 Å². The Morgan fingerprint density at radius 1 is 1.08 bits per heavy atom. The average Bonchev–Trinajstić information content (AvgIpc) is 2.59. The van der Waals surface area contributed by atoms with Crippen LogP contribution in [0.3, 0.4) is 0 Å². The number of nitrogens with one attached hydrogen (secondary N) is 2. The molecule has 1 atom stereocenters. The van der Waals surface area contributed by atoms with Gasteiger partial charge in [0, 0.05) is 5.56 Å². The zero-order valence-corrected chi connectivity index (χ0v) is 14.2. The maximum Gasteiger partial charge on any atom is 0.416 e. The van der Waals surface area contributed by atoms with E-state index in [9.17, 15) is 18.0 Å². The first-order chi connectivity index (χ1) is 11.8. The van der Waals surface area contributed by atoms with E-state index in [1.165, 1.54) is 12.1 Å². The topological polar surface area (TPSA) is 41.1 Å². The predicted molar refractivity (Wildman–Crippen MR) is 91.4 cm³/mol. The third-order valence-electron chi connectivity index (χ3n) is 3.99. The molecule has 2 N–H and O–H groups in total. The number of benzene rings is 2. The number of hydrogen-bond donors (Lipinski definition) is 2. The van der Waals surface area contributed by atoms with Crippen molar-refractivity contribution in [1.82, 2.24) is 10.6 Å². The molecule has 25 heavy (non-hydrogen) atoms. The van der Waals surface area contributed by atoms with Crippen LogP contribution in [0.25, 0.3) is 0 Å². The van der Waals surface area contributed by atoms with Gasteiger partial charge in [-0.3, -0.25) is 4.79 Å². The SMILES string of the molecule is CNCCc1ccccc1C(=O)NC(C)c1ccc(C(F)(F)F)cc1.